The van der Waals surface area contributed by atoms with Gasteiger partial charge in [0.2, 0.25) is 10.0 Å². The Morgan fingerprint density at radius 2 is 2.23 bits per heavy atom. The van der Waals surface area contributed by atoms with E-state index >= 15 is 0 Å². The first-order chi connectivity index (χ1) is 10.5. The zero-order valence-electron chi connectivity index (χ0n) is 12.6. The van der Waals surface area contributed by atoms with Crippen LogP contribution < -0.4 is 5.32 Å². The van der Waals surface area contributed by atoms with E-state index in [1.807, 2.05) is 12.1 Å². The molecule has 22 heavy (non-hydrogen) atoms. The third kappa shape index (κ3) is 2.67. The molecule has 3 rings (SSSR count). The summed E-state index contributed by atoms with van der Waals surface area (Å²) in [5, 5.41) is 3.25. The monoisotopic (exact) mass is 321 g/mol. The first-order valence-corrected chi connectivity index (χ1v) is 8.63. The van der Waals surface area contributed by atoms with Crippen LogP contribution in [-0.4, -0.2) is 37.3 Å². The normalized spacial score (nSPS) is 20.2. The predicted molar refractivity (Wildman–Crippen MR) is 81.9 cm³/mol. The van der Waals surface area contributed by atoms with Crippen molar-refractivity contribution in [1.29, 1.82) is 0 Å². The number of hydrogen-bond acceptors (Lipinski definition) is 5. The number of rotatable bonds is 3. The highest BCUT2D eigenvalue weighted by atomic mass is 32.2. The van der Waals surface area contributed by atoms with Crippen LogP contribution in [0.3, 0.4) is 0 Å². The first-order valence-electron chi connectivity index (χ1n) is 7.19. The highest BCUT2D eigenvalue weighted by molar-refractivity contribution is 7.89. The third-order valence-corrected chi connectivity index (χ3v) is 5.86. The summed E-state index contributed by atoms with van der Waals surface area (Å²) in [4.78, 5) is 4.35. The van der Waals surface area contributed by atoms with E-state index in [-0.39, 0.29) is 10.9 Å². The maximum absolute atomic E-state index is 13.0. The Hall–Kier alpha value is -1.70. The zero-order chi connectivity index (χ0) is 15.7. The van der Waals surface area contributed by atoms with Crippen molar-refractivity contribution in [1.82, 2.24) is 14.6 Å². The molecule has 0 amide bonds. The molecule has 3 heterocycles. The molecule has 1 aliphatic heterocycles. The molecule has 1 atom stereocenters. The minimum absolute atomic E-state index is 0.251. The highest BCUT2D eigenvalue weighted by Gasteiger charge is 2.36. The summed E-state index contributed by atoms with van der Waals surface area (Å²) in [7, 11) is -3.60. The molecule has 0 aliphatic carbocycles. The largest absolute Gasteiger partial charge is 0.465 e. The first kappa shape index (κ1) is 15.2. The molecule has 0 aromatic carbocycles. The van der Waals surface area contributed by atoms with Crippen molar-refractivity contribution >= 4 is 10.0 Å². The van der Waals surface area contributed by atoms with Gasteiger partial charge < -0.3 is 9.73 Å². The summed E-state index contributed by atoms with van der Waals surface area (Å²) in [5.41, 5.74) is 0.885. The average Bonchev–Trinajstić information content (AvgIpc) is 2.87. The molecule has 0 saturated carbocycles. The van der Waals surface area contributed by atoms with Crippen LogP contribution in [0.15, 0.2) is 39.9 Å². The summed E-state index contributed by atoms with van der Waals surface area (Å²) in [6, 6.07) is 5.05. The molecule has 1 saturated heterocycles. The van der Waals surface area contributed by atoms with Crippen LogP contribution in [0, 0.1) is 13.8 Å². The molecule has 0 bridgehead atoms. The topological polar surface area (TPSA) is 75.4 Å². The number of piperazine rings is 1. The molecule has 1 aliphatic rings. The maximum atomic E-state index is 13.0. The van der Waals surface area contributed by atoms with Crippen LogP contribution in [-0.2, 0) is 10.0 Å². The molecule has 1 fully saturated rings. The maximum Gasteiger partial charge on any atom is 0.247 e. The number of aryl methyl sites for hydroxylation is 2. The summed E-state index contributed by atoms with van der Waals surface area (Å²) < 4.78 is 33.0. The summed E-state index contributed by atoms with van der Waals surface area (Å²) in [6.45, 7) is 5.06. The second kappa shape index (κ2) is 5.83. The minimum Gasteiger partial charge on any atom is -0.465 e. The van der Waals surface area contributed by atoms with Crippen molar-refractivity contribution in [2.45, 2.75) is 24.8 Å². The van der Waals surface area contributed by atoms with Crippen LogP contribution in [0.1, 0.15) is 23.1 Å². The van der Waals surface area contributed by atoms with Crippen molar-refractivity contribution in [3.63, 3.8) is 0 Å². The second-order valence-electron chi connectivity index (χ2n) is 5.40. The van der Waals surface area contributed by atoms with Crippen molar-refractivity contribution < 1.29 is 12.8 Å². The van der Waals surface area contributed by atoms with Gasteiger partial charge >= 0.3 is 0 Å². The standard InChI is InChI=1S/C15H19N3O3S/c1-11-8-15(12(2)21-11)22(19,20)18-7-6-17-10-14(18)13-4-3-5-16-9-13/h3-5,8-9,14,17H,6-7,10H2,1-2H3. The molecule has 0 spiro atoms. The molecule has 0 radical (unpaired) electrons. The molecular weight excluding hydrogens is 302 g/mol. The van der Waals surface area contributed by atoms with E-state index in [1.54, 1.807) is 32.3 Å². The number of pyridine rings is 1. The Labute approximate surface area is 130 Å². The molecule has 2 aromatic rings. The van der Waals surface area contributed by atoms with E-state index in [0.29, 0.717) is 31.2 Å². The Morgan fingerprint density at radius 1 is 1.41 bits per heavy atom. The fourth-order valence-corrected chi connectivity index (χ4v) is 4.66. The van der Waals surface area contributed by atoms with E-state index in [9.17, 15) is 8.42 Å². The number of nitrogens with one attached hydrogen (secondary N) is 1. The van der Waals surface area contributed by atoms with Crippen LogP contribution >= 0.6 is 0 Å². The van der Waals surface area contributed by atoms with Crippen molar-refractivity contribution in [3.05, 3.63) is 47.7 Å². The lowest BCUT2D eigenvalue weighted by Crippen LogP contribution is -2.48. The lowest BCUT2D eigenvalue weighted by Gasteiger charge is -2.35. The van der Waals surface area contributed by atoms with Gasteiger partial charge in [-0.25, -0.2) is 8.42 Å². The van der Waals surface area contributed by atoms with Gasteiger partial charge in [0.15, 0.2) is 0 Å². The lowest BCUT2D eigenvalue weighted by atomic mass is 10.1. The van der Waals surface area contributed by atoms with Gasteiger partial charge in [-0.15, -0.1) is 0 Å². The fraction of sp³-hybridized carbons (Fsp3) is 0.400. The van der Waals surface area contributed by atoms with Gasteiger partial charge in [-0.05, 0) is 31.5 Å². The van der Waals surface area contributed by atoms with Crippen LogP contribution in [0.4, 0.5) is 0 Å². The molecule has 2 aromatic heterocycles. The number of hydrogen-bond donors (Lipinski definition) is 1. The van der Waals surface area contributed by atoms with Gasteiger partial charge in [-0.3, -0.25) is 4.98 Å². The molecule has 1 unspecified atom stereocenters. The quantitative estimate of drug-likeness (QED) is 0.930. The molecule has 6 nitrogen and oxygen atoms in total. The molecule has 7 heteroatoms. The summed E-state index contributed by atoms with van der Waals surface area (Å²) in [6.07, 6.45) is 3.40. The summed E-state index contributed by atoms with van der Waals surface area (Å²) >= 11 is 0. The Morgan fingerprint density at radius 3 is 2.86 bits per heavy atom. The van der Waals surface area contributed by atoms with Crippen LogP contribution in [0.25, 0.3) is 0 Å². The molecular formula is C15H19N3O3S. The second-order valence-corrected chi connectivity index (χ2v) is 7.26. The third-order valence-electron chi connectivity index (χ3n) is 3.85. The van der Waals surface area contributed by atoms with Crippen molar-refractivity contribution in [3.8, 4) is 0 Å². The molecule has 118 valence electrons. The Kier molecular flexibility index (Phi) is 4.03. The minimum atomic E-state index is -3.60. The SMILES string of the molecule is Cc1cc(S(=O)(=O)N2CCNCC2c2cccnc2)c(C)o1. The van der Waals surface area contributed by atoms with Crippen molar-refractivity contribution in [2.75, 3.05) is 19.6 Å². The van der Waals surface area contributed by atoms with Gasteiger partial charge in [0.25, 0.3) is 0 Å². The highest BCUT2D eigenvalue weighted by Crippen LogP contribution is 2.31. The van der Waals surface area contributed by atoms with E-state index in [2.05, 4.69) is 10.3 Å². The zero-order valence-corrected chi connectivity index (χ0v) is 13.4. The Bertz CT molecular complexity index is 756. The van der Waals surface area contributed by atoms with Gasteiger partial charge in [0.05, 0.1) is 6.04 Å². The number of nitrogens with zero attached hydrogens (tertiary/aromatic N) is 2. The average molecular weight is 321 g/mol. The predicted octanol–water partition coefficient (Wildman–Crippen LogP) is 1.63. The lowest BCUT2D eigenvalue weighted by molar-refractivity contribution is 0.270. The number of sulfonamides is 1. The van der Waals surface area contributed by atoms with Gasteiger partial charge in [-0.2, -0.15) is 4.31 Å². The van der Waals surface area contributed by atoms with E-state index in [0.717, 1.165) is 5.56 Å². The van der Waals surface area contributed by atoms with E-state index < -0.39 is 10.0 Å². The van der Waals surface area contributed by atoms with E-state index in [1.165, 1.54) is 4.31 Å². The van der Waals surface area contributed by atoms with Crippen LogP contribution in [0.2, 0.25) is 0 Å². The summed E-state index contributed by atoms with van der Waals surface area (Å²) in [5.74, 6) is 1.03. The smallest absolute Gasteiger partial charge is 0.247 e. The number of furan rings is 1. The molecule has 1 N–H and O–H groups in total. The fourth-order valence-electron chi connectivity index (χ4n) is 2.82. The van der Waals surface area contributed by atoms with Gasteiger partial charge in [0, 0.05) is 32.0 Å². The number of aromatic nitrogens is 1. The van der Waals surface area contributed by atoms with Gasteiger partial charge in [0.1, 0.15) is 16.4 Å². The van der Waals surface area contributed by atoms with Crippen LogP contribution in [0.5, 0.6) is 0 Å². The van der Waals surface area contributed by atoms with Gasteiger partial charge in [-0.1, -0.05) is 6.07 Å². The van der Waals surface area contributed by atoms with E-state index in [4.69, 9.17) is 4.42 Å². The Balaban J connectivity index is 2.02. The van der Waals surface area contributed by atoms with Crippen molar-refractivity contribution in [2.24, 2.45) is 0 Å².